The van der Waals surface area contributed by atoms with E-state index in [1.54, 1.807) is 0 Å². The Morgan fingerprint density at radius 2 is 2.04 bits per heavy atom. The van der Waals surface area contributed by atoms with E-state index in [9.17, 15) is 4.79 Å². The molecule has 4 heteroatoms. The highest BCUT2D eigenvalue weighted by molar-refractivity contribution is 5.78. The molecule has 0 radical (unpaired) electrons. The number of ether oxygens (including phenoxy) is 1. The van der Waals surface area contributed by atoms with Crippen LogP contribution in [0, 0.1) is 0 Å². The van der Waals surface area contributed by atoms with E-state index in [-0.39, 0.29) is 18.1 Å². The average Bonchev–Trinajstić information content (AvgIpc) is 2.58. The number of allylic oxidation sites excluding steroid dienone is 2. The zero-order valence-corrected chi connectivity index (χ0v) is 14.4. The number of morpholine rings is 1. The monoisotopic (exact) mass is 318 g/mol. The van der Waals surface area contributed by atoms with Gasteiger partial charge in [-0.1, -0.05) is 30.4 Å². The molecular formula is C19H30N2O2. The molecule has 0 atom stereocenters. The molecule has 0 saturated carbocycles. The van der Waals surface area contributed by atoms with Gasteiger partial charge in [-0.15, -0.1) is 6.58 Å². The minimum atomic E-state index is -0.132. The highest BCUT2D eigenvalue weighted by atomic mass is 16.5. The fraction of sp³-hybridized carbons (Fsp3) is 0.632. The van der Waals surface area contributed by atoms with Crippen molar-refractivity contribution in [3.05, 3.63) is 37.0 Å². The lowest BCUT2D eigenvalue weighted by molar-refractivity contribution is -0.171. The van der Waals surface area contributed by atoms with E-state index in [1.165, 1.54) is 5.57 Å². The second-order valence-electron chi connectivity index (χ2n) is 6.52. The first-order chi connectivity index (χ1) is 11.1. The quantitative estimate of drug-likeness (QED) is 0.534. The zero-order valence-electron chi connectivity index (χ0n) is 14.4. The molecular weight excluding hydrogens is 288 g/mol. The molecule has 128 valence electrons. The third-order valence-electron chi connectivity index (χ3n) is 5.05. The number of carbonyl (C=O) groups is 1. The lowest BCUT2D eigenvalue weighted by atomic mass is 9.89. The van der Waals surface area contributed by atoms with Crippen molar-refractivity contribution < 1.29 is 9.53 Å². The normalized spacial score (nSPS) is 22.4. The van der Waals surface area contributed by atoms with Gasteiger partial charge in [0.15, 0.2) is 0 Å². The number of piperidine rings is 1. The molecule has 2 aliphatic rings. The lowest BCUT2D eigenvalue weighted by Gasteiger charge is -2.47. The highest BCUT2D eigenvalue weighted by Gasteiger charge is 2.41. The maximum absolute atomic E-state index is 12.0. The summed E-state index contributed by atoms with van der Waals surface area (Å²) in [5, 5.41) is 0. The first kappa shape index (κ1) is 18.0. The van der Waals surface area contributed by atoms with E-state index in [2.05, 4.69) is 31.1 Å². The predicted molar refractivity (Wildman–Crippen MR) is 94.3 cm³/mol. The van der Waals surface area contributed by atoms with Crippen molar-refractivity contribution in [1.29, 1.82) is 0 Å². The van der Waals surface area contributed by atoms with Gasteiger partial charge in [0.1, 0.15) is 6.61 Å². The van der Waals surface area contributed by atoms with Crippen molar-refractivity contribution in [3.8, 4) is 0 Å². The summed E-state index contributed by atoms with van der Waals surface area (Å²) in [6.07, 6.45) is 9.86. The second kappa shape index (κ2) is 8.46. The van der Waals surface area contributed by atoms with Crippen LogP contribution >= 0.6 is 0 Å². The average molecular weight is 318 g/mol. The summed E-state index contributed by atoms with van der Waals surface area (Å²) in [7, 11) is 0. The Hall–Kier alpha value is -1.39. The number of likely N-dealkylation sites (tertiary alicyclic amines) is 1. The standard InChI is InChI=1S/C19H30N2O2/c1-4-7-11-21-16-19(23-15-18(21)22)9-13-20(14-10-19)12-8-17(5-2)6-3/h4-6H,1-2,7-16H2,3H3/b17-6+. The Balaban J connectivity index is 1.83. The smallest absolute Gasteiger partial charge is 0.248 e. The molecule has 2 heterocycles. The Kier molecular flexibility index (Phi) is 6.60. The molecule has 1 amide bonds. The summed E-state index contributed by atoms with van der Waals surface area (Å²) in [6, 6.07) is 0. The molecule has 2 aliphatic heterocycles. The fourth-order valence-corrected chi connectivity index (χ4v) is 3.38. The molecule has 2 fully saturated rings. The van der Waals surface area contributed by atoms with E-state index in [0.717, 1.165) is 58.4 Å². The van der Waals surface area contributed by atoms with Gasteiger partial charge in [0.2, 0.25) is 5.91 Å². The Bertz CT molecular complexity index is 462. The number of rotatable bonds is 7. The molecule has 4 nitrogen and oxygen atoms in total. The fourth-order valence-electron chi connectivity index (χ4n) is 3.38. The molecule has 2 saturated heterocycles. The lowest BCUT2D eigenvalue weighted by Crippen LogP contribution is -2.58. The summed E-state index contributed by atoms with van der Waals surface area (Å²) < 4.78 is 5.97. The van der Waals surface area contributed by atoms with Crippen LogP contribution in [-0.2, 0) is 9.53 Å². The first-order valence-corrected chi connectivity index (χ1v) is 8.65. The van der Waals surface area contributed by atoms with Crippen LogP contribution in [0.15, 0.2) is 37.0 Å². The summed E-state index contributed by atoms with van der Waals surface area (Å²) in [5.41, 5.74) is 1.17. The number of carbonyl (C=O) groups excluding carboxylic acids is 1. The van der Waals surface area contributed by atoms with Crippen molar-refractivity contribution >= 4 is 5.91 Å². The van der Waals surface area contributed by atoms with Crippen LogP contribution in [0.3, 0.4) is 0 Å². The topological polar surface area (TPSA) is 32.8 Å². The Labute approximate surface area is 140 Å². The molecule has 0 aromatic heterocycles. The van der Waals surface area contributed by atoms with Crippen LogP contribution in [0.4, 0.5) is 0 Å². The van der Waals surface area contributed by atoms with Gasteiger partial charge in [0.25, 0.3) is 0 Å². The second-order valence-corrected chi connectivity index (χ2v) is 6.52. The number of hydrogen-bond donors (Lipinski definition) is 0. The zero-order chi connectivity index (χ0) is 16.7. The van der Waals surface area contributed by atoms with E-state index in [4.69, 9.17) is 4.74 Å². The SMILES string of the molecule is C=CCCN1CC2(CCN(CC/C(C=C)=C/C)CC2)OCC1=O. The molecule has 0 aromatic carbocycles. The predicted octanol–water partition coefficient (Wildman–Crippen LogP) is 2.78. The first-order valence-electron chi connectivity index (χ1n) is 8.65. The van der Waals surface area contributed by atoms with Gasteiger partial charge in [-0.2, -0.15) is 0 Å². The van der Waals surface area contributed by atoms with Crippen LogP contribution in [0.2, 0.25) is 0 Å². The minimum Gasteiger partial charge on any atom is -0.363 e. The van der Waals surface area contributed by atoms with E-state index in [0.29, 0.717) is 0 Å². The van der Waals surface area contributed by atoms with E-state index < -0.39 is 0 Å². The van der Waals surface area contributed by atoms with Gasteiger partial charge in [-0.05, 0) is 32.6 Å². The van der Waals surface area contributed by atoms with Crippen molar-refractivity contribution in [1.82, 2.24) is 9.80 Å². The van der Waals surface area contributed by atoms with Gasteiger partial charge in [0, 0.05) is 32.7 Å². The molecule has 0 aromatic rings. The van der Waals surface area contributed by atoms with E-state index in [1.807, 2.05) is 17.1 Å². The van der Waals surface area contributed by atoms with Gasteiger partial charge < -0.3 is 14.5 Å². The van der Waals surface area contributed by atoms with Gasteiger partial charge in [-0.3, -0.25) is 4.79 Å². The summed E-state index contributed by atoms with van der Waals surface area (Å²) in [5.74, 6) is 0.114. The van der Waals surface area contributed by atoms with Crippen LogP contribution in [0.25, 0.3) is 0 Å². The highest BCUT2D eigenvalue weighted by Crippen LogP contribution is 2.30. The van der Waals surface area contributed by atoms with Crippen LogP contribution < -0.4 is 0 Å². The van der Waals surface area contributed by atoms with Crippen LogP contribution in [0.5, 0.6) is 0 Å². The maximum atomic E-state index is 12.0. The number of hydrogen-bond acceptors (Lipinski definition) is 3. The van der Waals surface area contributed by atoms with Gasteiger partial charge in [-0.25, -0.2) is 0 Å². The third kappa shape index (κ3) is 4.79. The van der Waals surface area contributed by atoms with Crippen molar-refractivity contribution in [2.75, 3.05) is 39.3 Å². The Morgan fingerprint density at radius 3 is 2.65 bits per heavy atom. The van der Waals surface area contributed by atoms with Gasteiger partial charge >= 0.3 is 0 Å². The van der Waals surface area contributed by atoms with Gasteiger partial charge in [0.05, 0.1) is 5.60 Å². The molecule has 0 N–H and O–H groups in total. The van der Waals surface area contributed by atoms with Crippen LogP contribution in [-0.4, -0.2) is 60.6 Å². The molecule has 0 bridgehead atoms. The minimum absolute atomic E-state index is 0.114. The summed E-state index contributed by atoms with van der Waals surface area (Å²) in [4.78, 5) is 16.4. The number of nitrogens with zero attached hydrogens (tertiary/aromatic N) is 2. The van der Waals surface area contributed by atoms with Crippen molar-refractivity contribution in [2.45, 2.75) is 38.2 Å². The maximum Gasteiger partial charge on any atom is 0.248 e. The Morgan fingerprint density at radius 1 is 1.30 bits per heavy atom. The number of amides is 1. The van der Waals surface area contributed by atoms with E-state index >= 15 is 0 Å². The van der Waals surface area contributed by atoms with Crippen LogP contribution in [0.1, 0.15) is 32.6 Å². The van der Waals surface area contributed by atoms with Crippen molar-refractivity contribution in [3.63, 3.8) is 0 Å². The summed E-state index contributed by atoms with van der Waals surface area (Å²) >= 11 is 0. The molecule has 1 spiro atoms. The molecule has 0 aliphatic carbocycles. The largest absolute Gasteiger partial charge is 0.363 e. The molecule has 2 rings (SSSR count). The molecule has 0 unspecified atom stereocenters. The summed E-state index contributed by atoms with van der Waals surface area (Å²) in [6.45, 7) is 14.5. The molecule has 23 heavy (non-hydrogen) atoms. The third-order valence-corrected chi connectivity index (χ3v) is 5.05. The van der Waals surface area contributed by atoms with Crippen molar-refractivity contribution in [2.24, 2.45) is 0 Å².